The van der Waals surface area contributed by atoms with Crippen molar-refractivity contribution in [1.82, 2.24) is 40.2 Å². The minimum atomic E-state index is -3.43. The molecule has 10 nitrogen and oxygen atoms in total. The molecular weight excluding hydrogens is 495 g/mol. The summed E-state index contributed by atoms with van der Waals surface area (Å²) in [6.07, 6.45) is 5.72. The summed E-state index contributed by atoms with van der Waals surface area (Å²) in [5.41, 5.74) is 6.83. The Kier molecular flexibility index (Phi) is 5.78. The molecule has 1 aromatic carbocycles. The Morgan fingerprint density at radius 2 is 1.92 bits per heavy atom. The molecule has 12 heteroatoms. The highest BCUT2D eigenvalue weighted by atomic mass is 32.2. The number of hydrogen-bond donors (Lipinski definition) is 4. The molecule has 0 spiro atoms. The molecule has 6 rings (SSSR count). The molecule has 4 N–H and O–H groups in total. The third-order valence-corrected chi connectivity index (χ3v) is 6.86. The van der Waals surface area contributed by atoms with E-state index in [1.165, 1.54) is 17.7 Å². The number of benzene rings is 1. The molecule has 0 unspecified atom stereocenters. The van der Waals surface area contributed by atoms with E-state index in [-0.39, 0.29) is 6.54 Å². The first-order valence-corrected chi connectivity index (χ1v) is 13.6. The van der Waals surface area contributed by atoms with E-state index in [4.69, 9.17) is 9.97 Å². The van der Waals surface area contributed by atoms with Crippen molar-refractivity contribution >= 4 is 37.7 Å². The molecule has 0 atom stereocenters. The quantitative estimate of drug-likeness (QED) is 0.271. The number of rotatable bonds is 6. The smallest absolute Gasteiger partial charge is 0.209 e. The summed E-state index contributed by atoms with van der Waals surface area (Å²) in [7, 11) is -3.43. The molecule has 188 valence electrons. The second kappa shape index (κ2) is 9.14. The first kappa shape index (κ1) is 23.4. The summed E-state index contributed by atoms with van der Waals surface area (Å²) < 4.78 is 39.8. The highest BCUT2D eigenvalue weighted by molar-refractivity contribution is 7.88. The third-order valence-electron chi connectivity index (χ3n) is 6.20. The van der Waals surface area contributed by atoms with Crippen LogP contribution in [0.2, 0.25) is 0 Å². The van der Waals surface area contributed by atoms with Crippen LogP contribution < -0.4 is 10.0 Å². The van der Waals surface area contributed by atoms with Gasteiger partial charge in [0.15, 0.2) is 11.5 Å². The van der Waals surface area contributed by atoms with E-state index in [1.54, 1.807) is 18.3 Å². The van der Waals surface area contributed by atoms with Gasteiger partial charge in [-0.3, -0.25) is 10.1 Å². The Bertz CT molecular complexity index is 1790. The lowest BCUT2D eigenvalue weighted by Gasteiger charge is -2.13. The standard InChI is InChI=1S/C25H23FN8O2S/c1-37(35,36)29-13-14-10-16(12-17(26)11-14)21-22-19(6-9-28-21)31-25(32-22)24-23-20(33-34-24)3-2-18(30-23)15-4-7-27-8-5-15/h2-4,6,9-12,27,29H,5,7-8,13H2,1H3,(H,31,32)(H,33,34). The second-order valence-electron chi connectivity index (χ2n) is 8.93. The number of fused-ring (bicyclic) bond motifs is 2. The highest BCUT2D eigenvalue weighted by Crippen LogP contribution is 2.31. The number of nitrogens with zero attached hydrogens (tertiary/aromatic N) is 4. The zero-order valence-electron chi connectivity index (χ0n) is 19.8. The van der Waals surface area contributed by atoms with Crippen LogP contribution in [0.15, 0.2) is 48.7 Å². The van der Waals surface area contributed by atoms with E-state index in [9.17, 15) is 12.8 Å². The maximum Gasteiger partial charge on any atom is 0.209 e. The van der Waals surface area contributed by atoms with Crippen molar-refractivity contribution in [1.29, 1.82) is 0 Å². The first-order valence-electron chi connectivity index (χ1n) is 11.7. The van der Waals surface area contributed by atoms with Gasteiger partial charge in [0, 0.05) is 24.8 Å². The van der Waals surface area contributed by atoms with Gasteiger partial charge in [-0.05, 0) is 60.5 Å². The van der Waals surface area contributed by atoms with Crippen LogP contribution in [0, 0.1) is 5.82 Å². The lowest BCUT2D eigenvalue weighted by molar-refractivity contribution is 0.586. The van der Waals surface area contributed by atoms with Crippen LogP contribution >= 0.6 is 0 Å². The van der Waals surface area contributed by atoms with E-state index in [0.717, 1.165) is 37.0 Å². The molecule has 0 fully saturated rings. The number of hydrogen-bond acceptors (Lipinski definition) is 7. The van der Waals surface area contributed by atoms with Crippen LogP contribution in [0.5, 0.6) is 0 Å². The average Bonchev–Trinajstić information content (AvgIpc) is 3.51. The molecule has 0 saturated carbocycles. The maximum absolute atomic E-state index is 14.5. The highest BCUT2D eigenvalue weighted by Gasteiger charge is 2.18. The summed E-state index contributed by atoms with van der Waals surface area (Å²) in [5, 5.41) is 10.8. The normalized spacial score (nSPS) is 14.4. The molecule has 37 heavy (non-hydrogen) atoms. The van der Waals surface area contributed by atoms with E-state index >= 15 is 0 Å². The minimum Gasteiger partial charge on any atom is -0.336 e. The van der Waals surface area contributed by atoms with Crippen molar-refractivity contribution in [3.8, 4) is 22.8 Å². The van der Waals surface area contributed by atoms with Gasteiger partial charge < -0.3 is 10.3 Å². The van der Waals surface area contributed by atoms with Gasteiger partial charge in [0.2, 0.25) is 10.0 Å². The number of aromatic amines is 2. The Balaban J connectivity index is 1.42. The van der Waals surface area contributed by atoms with Gasteiger partial charge in [-0.15, -0.1) is 0 Å². The van der Waals surface area contributed by atoms with Gasteiger partial charge in [-0.2, -0.15) is 5.10 Å². The summed E-state index contributed by atoms with van der Waals surface area (Å²) in [6.45, 7) is 1.69. The van der Waals surface area contributed by atoms with Crippen molar-refractivity contribution < 1.29 is 12.8 Å². The number of pyridine rings is 2. The van der Waals surface area contributed by atoms with Crippen LogP contribution in [0.25, 0.3) is 50.4 Å². The van der Waals surface area contributed by atoms with Crippen molar-refractivity contribution in [2.75, 3.05) is 19.3 Å². The van der Waals surface area contributed by atoms with E-state index in [0.29, 0.717) is 44.9 Å². The Hall–Kier alpha value is -4.00. The van der Waals surface area contributed by atoms with Gasteiger partial charge in [0.25, 0.3) is 0 Å². The largest absolute Gasteiger partial charge is 0.336 e. The van der Waals surface area contributed by atoms with Crippen molar-refractivity contribution in [3.05, 3.63) is 65.7 Å². The van der Waals surface area contributed by atoms with Gasteiger partial charge >= 0.3 is 0 Å². The third kappa shape index (κ3) is 4.73. The second-order valence-corrected chi connectivity index (χ2v) is 10.8. The monoisotopic (exact) mass is 518 g/mol. The lowest BCUT2D eigenvalue weighted by atomic mass is 10.1. The Morgan fingerprint density at radius 1 is 1.05 bits per heavy atom. The van der Waals surface area contributed by atoms with Gasteiger partial charge in [0.05, 0.1) is 28.7 Å². The molecule has 5 heterocycles. The molecular formula is C25H23FN8O2S. The SMILES string of the molecule is CS(=O)(=O)NCc1cc(F)cc(-c2nccc3[nH]c(-c4n[nH]c5ccc(C6=CCNCC6)nc45)nc23)c1. The van der Waals surface area contributed by atoms with Gasteiger partial charge in [0.1, 0.15) is 16.9 Å². The molecule has 4 aromatic heterocycles. The van der Waals surface area contributed by atoms with Crippen LogP contribution in [0.1, 0.15) is 17.7 Å². The van der Waals surface area contributed by atoms with Gasteiger partial charge in [-0.1, -0.05) is 6.08 Å². The van der Waals surface area contributed by atoms with E-state index in [2.05, 4.69) is 36.3 Å². The number of sulfonamides is 1. The number of aromatic nitrogens is 6. The first-order chi connectivity index (χ1) is 17.8. The Labute approximate surface area is 211 Å². The predicted octanol–water partition coefficient (Wildman–Crippen LogP) is 3.13. The van der Waals surface area contributed by atoms with E-state index < -0.39 is 15.8 Å². The molecule has 0 amide bonds. The van der Waals surface area contributed by atoms with Crippen molar-refractivity contribution in [2.45, 2.75) is 13.0 Å². The molecule has 0 aliphatic carbocycles. The average molecular weight is 519 g/mol. The van der Waals surface area contributed by atoms with Crippen LogP contribution in [-0.4, -0.2) is 57.9 Å². The van der Waals surface area contributed by atoms with Crippen LogP contribution in [0.3, 0.4) is 0 Å². The maximum atomic E-state index is 14.5. The minimum absolute atomic E-state index is 0.0366. The topological polar surface area (TPSA) is 141 Å². The zero-order valence-corrected chi connectivity index (χ0v) is 20.7. The fourth-order valence-corrected chi connectivity index (χ4v) is 4.89. The summed E-state index contributed by atoms with van der Waals surface area (Å²) in [6, 6.07) is 10.1. The number of halogens is 1. The molecule has 1 aliphatic rings. The molecule has 0 radical (unpaired) electrons. The Morgan fingerprint density at radius 3 is 2.73 bits per heavy atom. The fraction of sp³-hybridized carbons (Fsp3) is 0.200. The van der Waals surface area contributed by atoms with Crippen LogP contribution in [-0.2, 0) is 16.6 Å². The summed E-state index contributed by atoms with van der Waals surface area (Å²) in [4.78, 5) is 17.4. The molecule has 0 bridgehead atoms. The molecule has 0 saturated heterocycles. The van der Waals surface area contributed by atoms with Crippen LogP contribution in [0.4, 0.5) is 4.39 Å². The van der Waals surface area contributed by atoms with E-state index in [1.807, 2.05) is 12.1 Å². The van der Waals surface area contributed by atoms with Gasteiger partial charge in [-0.25, -0.2) is 27.5 Å². The predicted molar refractivity (Wildman–Crippen MR) is 139 cm³/mol. The molecule has 1 aliphatic heterocycles. The fourth-order valence-electron chi connectivity index (χ4n) is 4.46. The van der Waals surface area contributed by atoms with Crippen molar-refractivity contribution in [3.63, 3.8) is 0 Å². The molecule has 5 aromatic rings. The number of imidazole rings is 1. The number of nitrogens with one attached hydrogen (secondary N) is 4. The number of H-pyrrole nitrogens is 2. The lowest BCUT2D eigenvalue weighted by Crippen LogP contribution is -2.21. The summed E-state index contributed by atoms with van der Waals surface area (Å²) in [5.74, 6) is 0.00872. The zero-order chi connectivity index (χ0) is 25.6. The van der Waals surface area contributed by atoms with Crippen molar-refractivity contribution in [2.24, 2.45) is 0 Å². The summed E-state index contributed by atoms with van der Waals surface area (Å²) >= 11 is 0.